The van der Waals surface area contributed by atoms with Crippen LogP contribution in [0.5, 0.6) is 0 Å². The van der Waals surface area contributed by atoms with Crippen LogP contribution in [0.4, 0.5) is 0 Å². The third kappa shape index (κ3) is 2.96. The van der Waals surface area contributed by atoms with E-state index in [-0.39, 0.29) is 5.91 Å². The van der Waals surface area contributed by atoms with E-state index in [1.54, 1.807) is 10.8 Å². The van der Waals surface area contributed by atoms with Gasteiger partial charge in [-0.3, -0.25) is 9.78 Å². The average molecular weight is 284 g/mol. The molecule has 0 N–H and O–H groups in total. The van der Waals surface area contributed by atoms with Crippen LogP contribution in [0.3, 0.4) is 0 Å². The molecule has 1 fully saturated rings. The van der Waals surface area contributed by atoms with Gasteiger partial charge in [-0.1, -0.05) is 0 Å². The Hall–Kier alpha value is -2.17. The largest absolute Gasteiger partial charge is 0.333 e. The molecular weight excluding hydrogens is 264 g/mol. The van der Waals surface area contributed by atoms with Gasteiger partial charge in [-0.2, -0.15) is 0 Å². The van der Waals surface area contributed by atoms with Crippen molar-refractivity contribution in [1.82, 2.24) is 19.4 Å². The molecule has 1 aliphatic rings. The highest BCUT2D eigenvalue weighted by Gasteiger charge is 2.30. The molecule has 2 aromatic heterocycles. The molecule has 1 saturated heterocycles. The first kappa shape index (κ1) is 13.8. The standard InChI is InChI=1S/C16H20N4O/c1-19-12-10-18-15(19)16(21)20-11-2-3-14(20)5-4-13-6-8-17-9-7-13/h6-10,12,14H,2-5,11H2,1H3. The van der Waals surface area contributed by atoms with Gasteiger partial charge in [0.1, 0.15) is 0 Å². The van der Waals surface area contributed by atoms with Crippen molar-refractivity contribution >= 4 is 5.91 Å². The highest BCUT2D eigenvalue weighted by Crippen LogP contribution is 2.23. The van der Waals surface area contributed by atoms with E-state index in [0.29, 0.717) is 11.9 Å². The number of pyridine rings is 1. The Bertz CT molecular complexity index is 608. The molecule has 1 aliphatic heterocycles. The topological polar surface area (TPSA) is 51.0 Å². The quantitative estimate of drug-likeness (QED) is 0.863. The fraction of sp³-hybridized carbons (Fsp3) is 0.438. The third-order valence-corrected chi connectivity index (χ3v) is 4.17. The van der Waals surface area contributed by atoms with E-state index in [0.717, 1.165) is 32.2 Å². The molecule has 1 atom stereocenters. The van der Waals surface area contributed by atoms with E-state index >= 15 is 0 Å². The molecule has 1 amide bonds. The van der Waals surface area contributed by atoms with Crippen LogP contribution >= 0.6 is 0 Å². The minimum absolute atomic E-state index is 0.0553. The smallest absolute Gasteiger partial charge is 0.290 e. The molecule has 5 nitrogen and oxygen atoms in total. The van der Waals surface area contributed by atoms with Gasteiger partial charge < -0.3 is 9.47 Å². The second kappa shape index (κ2) is 6.08. The van der Waals surface area contributed by atoms with Gasteiger partial charge in [-0.05, 0) is 43.4 Å². The first-order valence-corrected chi connectivity index (χ1v) is 7.43. The van der Waals surface area contributed by atoms with Crippen LogP contribution in [0.25, 0.3) is 0 Å². The molecule has 0 radical (unpaired) electrons. The van der Waals surface area contributed by atoms with Gasteiger partial charge in [0.15, 0.2) is 5.82 Å². The van der Waals surface area contributed by atoms with Crippen molar-refractivity contribution < 1.29 is 4.79 Å². The number of carbonyl (C=O) groups excluding carboxylic acids is 1. The summed E-state index contributed by atoms with van der Waals surface area (Å²) >= 11 is 0. The summed E-state index contributed by atoms with van der Waals surface area (Å²) in [4.78, 5) is 22.8. The molecule has 0 saturated carbocycles. The van der Waals surface area contributed by atoms with Crippen molar-refractivity contribution in [3.63, 3.8) is 0 Å². The molecule has 1 unspecified atom stereocenters. The summed E-state index contributed by atoms with van der Waals surface area (Å²) in [6.07, 6.45) is 11.3. The maximum Gasteiger partial charge on any atom is 0.290 e. The van der Waals surface area contributed by atoms with Crippen LogP contribution in [-0.2, 0) is 13.5 Å². The van der Waals surface area contributed by atoms with Gasteiger partial charge in [0.05, 0.1) is 0 Å². The molecular formula is C16H20N4O. The van der Waals surface area contributed by atoms with Crippen molar-refractivity contribution in [2.24, 2.45) is 7.05 Å². The molecule has 3 heterocycles. The second-order valence-electron chi connectivity index (χ2n) is 5.55. The van der Waals surface area contributed by atoms with Crippen LogP contribution in [-0.4, -0.2) is 37.9 Å². The number of hydrogen-bond donors (Lipinski definition) is 0. The normalized spacial score (nSPS) is 18.1. The number of aromatic nitrogens is 3. The number of carbonyl (C=O) groups is 1. The summed E-state index contributed by atoms with van der Waals surface area (Å²) in [5, 5.41) is 0. The van der Waals surface area contributed by atoms with E-state index in [2.05, 4.69) is 9.97 Å². The first-order chi connectivity index (χ1) is 10.3. The van der Waals surface area contributed by atoms with E-state index < -0.39 is 0 Å². The number of nitrogens with zero attached hydrogens (tertiary/aromatic N) is 4. The van der Waals surface area contributed by atoms with Crippen molar-refractivity contribution in [3.05, 3.63) is 48.3 Å². The van der Waals surface area contributed by atoms with Gasteiger partial charge in [0, 0.05) is 44.4 Å². The number of hydrogen-bond acceptors (Lipinski definition) is 3. The SMILES string of the molecule is Cn1ccnc1C(=O)N1CCCC1CCc1ccncc1. The Balaban J connectivity index is 1.65. The van der Waals surface area contributed by atoms with Crippen molar-refractivity contribution in [2.45, 2.75) is 31.7 Å². The predicted octanol–water partition coefficient (Wildman–Crippen LogP) is 2.05. The van der Waals surface area contributed by atoms with Gasteiger partial charge in [0.25, 0.3) is 5.91 Å². The highest BCUT2D eigenvalue weighted by atomic mass is 16.2. The Kier molecular flexibility index (Phi) is 3.99. The number of rotatable bonds is 4. The Labute approximate surface area is 124 Å². The highest BCUT2D eigenvalue weighted by molar-refractivity contribution is 5.91. The number of imidazole rings is 1. The van der Waals surface area contributed by atoms with E-state index in [1.807, 2.05) is 42.7 Å². The lowest BCUT2D eigenvalue weighted by atomic mass is 10.0. The molecule has 2 aromatic rings. The second-order valence-corrected chi connectivity index (χ2v) is 5.55. The van der Waals surface area contributed by atoms with Crippen LogP contribution in [0.2, 0.25) is 0 Å². The fourth-order valence-electron chi connectivity index (χ4n) is 2.99. The zero-order valence-corrected chi connectivity index (χ0v) is 12.3. The summed E-state index contributed by atoms with van der Waals surface area (Å²) in [6, 6.07) is 4.40. The minimum Gasteiger partial charge on any atom is -0.333 e. The van der Waals surface area contributed by atoms with Crippen LogP contribution in [0, 0.1) is 0 Å². The lowest BCUT2D eigenvalue weighted by Gasteiger charge is -2.24. The van der Waals surface area contributed by atoms with Gasteiger partial charge in [-0.25, -0.2) is 4.98 Å². The summed E-state index contributed by atoms with van der Waals surface area (Å²) in [7, 11) is 1.86. The molecule has 3 rings (SSSR count). The zero-order chi connectivity index (χ0) is 14.7. The van der Waals surface area contributed by atoms with E-state index in [9.17, 15) is 4.79 Å². The lowest BCUT2D eigenvalue weighted by molar-refractivity contribution is 0.0714. The minimum atomic E-state index is 0.0553. The molecule has 110 valence electrons. The van der Waals surface area contributed by atoms with E-state index in [1.165, 1.54) is 5.56 Å². The molecule has 0 aliphatic carbocycles. The first-order valence-electron chi connectivity index (χ1n) is 7.43. The summed E-state index contributed by atoms with van der Waals surface area (Å²) < 4.78 is 1.79. The van der Waals surface area contributed by atoms with E-state index in [4.69, 9.17) is 0 Å². The van der Waals surface area contributed by atoms with Gasteiger partial charge in [0.2, 0.25) is 0 Å². The molecule has 5 heteroatoms. The van der Waals surface area contributed by atoms with Crippen molar-refractivity contribution in [2.75, 3.05) is 6.54 Å². The van der Waals surface area contributed by atoms with Crippen molar-refractivity contribution in [3.8, 4) is 0 Å². The maximum absolute atomic E-state index is 12.6. The fourth-order valence-corrected chi connectivity index (χ4v) is 2.99. The van der Waals surface area contributed by atoms with Crippen LogP contribution in [0.1, 0.15) is 35.4 Å². The predicted molar refractivity (Wildman–Crippen MR) is 79.8 cm³/mol. The Morgan fingerprint density at radius 2 is 2.14 bits per heavy atom. The Morgan fingerprint density at radius 1 is 1.33 bits per heavy atom. The molecule has 21 heavy (non-hydrogen) atoms. The number of likely N-dealkylation sites (tertiary alicyclic amines) is 1. The monoisotopic (exact) mass is 284 g/mol. The molecule has 0 aromatic carbocycles. The summed E-state index contributed by atoms with van der Waals surface area (Å²) in [5.41, 5.74) is 1.28. The Morgan fingerprint density at radius 3 is 2.86 bits per heavy atom. The van der Waals surface area contributed by atoms with Gasteiger partial charge >= 0.3 is 0 Å². The number of amides is 1. The van der Waals surface area contributed by atoms with Crippen LogP contribution in [0.15, 0.2) is 36.9 Å². The van der Waals surface area contributed by atoms with Crippen LogP contribution < -0.4 is 0 Å². The number of aryl methyl sites for hydroxylation is 2. The zero-order valence-electron chi connectivity index (χ0n) is 12.3. The summed E-state index contributed by atoms with van der Waals surface area (Å²) in [5.74, 6) is 0.588. The third-order valence-electron chi connectivity index (χ3n) is 4.17. The average Bonchev–Trinajstić information content (AvgIpc) is 3.14. The van der Waals surface area contributed by atoms with Crippen molar-refractivity contribution in [1.29, 1.82) is 0 Å². The summed E-state index contributed by atoms with van der Waals surface area (Å²) in [6.45, 7) is 0.840. The molecule has 0 spiro atoms. The lowest BCUT2D eigenvalue weighted by Crippen LogP contribution is -2.37. The molecule has 0 bridgehead atoms. The van der Waals surface area contributed by atoms with Gasteiger partial charge in [-0.15, -0.1) is 0 Å². The maximum atomic E-state index is 12.6.